The number of amides is 1. The molecule has 24 heavy (non-hydrogen) atoms. The number of hydrogen-bond acceptors (Lipinski definition) is 3. The average Bonchev–Trinajstić information content (AvgIpc) is 3.37. The lowest BCUT2D eigenvalue weighted by Gasteiger charge is -2.15. The number of nitrogens with one attached hydrogen (secondary N) is 1. The Balaban J connectivity index is 1.77. The van der Waals surface area contributed by atoms with Gasteiger partial charge in [-0.15, -0.1) is 0 Å². The van der Waals surface area contributed by atoms with Gasteiger partial charge in [0.25, 0.3) is 5.91 Å². The second kappa shape index (κ2) is 7.18. The van der Waals surface area contributed by atoms with Gasteiger partial charge in [0.2, 0.25) is 0 Å². The van der Waals surface area contributed by atoms with E-state index in [2.05, 4.69) is 24.3 Å². The van der Waals surface area contributed by atoms with Crippen LogP contribution in [0.3, 0.4) is 0 Å². The van der Waals surface area contributed by atoms with E-state index in [1.165, 1.54) is 0 Å². The fourth-order valence-corrected chi connectivity index (χ4v) is 2.99. The van der Waals surface area contributed by atoms with E-state index in [1.807, 2.05) is 28.9 Å². The minimum absolute atomic E-state index is 0.0225. The number of carbonyl (C=O) groups is 1. The SMILES string of the molecule is CCC(C)n1ncc(C(=O)NCc2ccccc2CO)c1C1CC1. The predicted molar refractivity (Wildman–Crippen MR) is 92.7 cm³/mol. The van der Waals surface area contributed by atoms with Crippen molar-refractivity contribution in [3.8, 4) is 0 Å². The quantitative estimate of drug-likeness (QED) is 0.821. The van der Waals surface area contributed by atoms with Crippen molar-refractivity contribution in [3.63, 3.8) is 0 Å². The first kappa shape index (κ1) is 16.7. The number of benzene rings is 1. The molecule has 128 valence electrons. The molecule has 1 aliphatic carbocycles. The third-order valence-electron chi connectivity index (χ3n) is 4.78. The number of aliphatic hydroxyl groups is 1. The summed E-state index contributed by atoms with van der Waals surface area (Å²) in [5, 5.41) is 16.8. The number of carbonyl (C=O) groups excluding carboxylic acids is 1. The van der Waals surface area contributed by atoms with Gasteiger partial charge < -0.3 is 10.4 Å². The summed E-state index contributed by atoms with van der Waals surface area (Å²) in [4.78, 5) is 12.7. The molecule has 1 unspecified atom stereocenters. The standard InChI is InChI=1S/C19H25N3O2/c1-3-13(2)22-18(14-8-9-14)17(11-21-22)19(24)20-10-15-6-4-5-7-16(15)12-23/h4-7,11,13-14,23H,3,8-10,12H2,1-2H3,(H,20,24). The van der Waals surface area contributed by atoms with Crippen LogP contribution in [0, 0.1) is 0 Å². The average molecular weight is 327 g/mol. The maximum Gasteiger partial charge on any atom is 0.255 e. The van der Waals surface area contributed by atoms with E-state index < -0.39 is 0 Å². The Hall–Kier alpha value is -2.14. The molecule has 1 saturated carbocycles. The molecule has 5 heteroatoms. The maximum absolute atomic E-state index is 12.7. The van der Waals surface area contributed by atoms with E-state index in [0.717, 1.165) is 36.1 Å². The highest BCUT2D eigenvalue weighted by atomic mass is 16.3. The Morgan fingerprint density at radius 3 is 2.71 bits per heavy atom. The van der Waals surface area contributed by atoms with E-state index in [0.29, 0.717) is 24.1 Å². The lowest BCUT2D eigenvalue weighted by molar-refractivity contribution is 0.0949. The summed E-state index contributed by atoms with van der Waals surface area (Å²) in [7, 11) is 0. The summed E-state index contributed by atoms with van der Waals surface area (Å²) >= 11 is 0. The van der Waals surface area contributed by atoms with Gasteiger partial charge in [-0.3, -0.25) is 9.48 Å². The van der Waals surface area contributed by atoms with E-state index in [4.69, 9.17) is 0 Å². The summed E-state index contributed by atoms with van der Waals surface area (Å²) in [6.07, 6.45) is 4.96. The molecule has 1 fully saturated rings. The minimum atomic E-state index is -0.0841. The van der Waals surface area contributed by atoms with Crippen molar-refractivity contribution in [2.45, 2.75) is 58.2 Å². The summed E-state index contributed by atoms with van der Waals surface area (Å²) in [6.45, 7) is 4.66. The summed E-state index contributed by atoms with van der Waals surface area (Å²) in [5.41, 5.74) is 3.56. The van der Waals surface area contributed by atoms with Crippen LogP contribution in [-0.2, 0) is 13.2 Å². The van der Waals surface area contributed by atoms with Crippen LogP contribution >= 0.6 is 0 Å². The van der Waals surface area contributed by atoms with Crippen LogP contribution in [0.25, 0.3) is 0 Å². The third-order valence-corrected chi connectivity index (χ3v) is 4.78. The molecule has 0 radical (unpaired) electrons. The van der Waals surface area contributed by atoms with E-state index >= 15 is 0 Å². The summed E-state index contributed by atoms with van der Waals surface area (Å²) < 4.78 is 2.02. The second-order valence-electron chi connectivity index (χ2n) is 6.53. The van der Waals surface area contributed by atoms with Crippen molar-refractivity contribution in [2.75, 3.05) is 0 Å². The van der Waals surface area contributed by atoms with Gasteiger partial charge in [-0.25, -0.2) is 0 Å². The Morgan fingerprint density at radius 2 is 2.08 bits per heavy atom. The molecule has 0 bridgehead atoms. The molecule has 1 aromatic carbocycles. The largest absolute Gasteiger partial charge is 0.392 e. The van der Waals surface area contributed by atoms with Crippen molar-refractivity contribution >= 4 is 5.91 Å². The van der Waals surface area contributed by atoms with Crippen LogP contribution in [0.1, 0.15) is 72.2 Å². The molecule has 1 aromatic heterocycles. The minimum Gasteiger partial charge on any atom is -0.392 e. The van der Waals surface area contributed by atoms with Crippen LogP contribution in [0.15, 0.2) is 30.5 Å². The lowest BCUT2D eigenvalue weighted by atomic mass is 10.1. The van der Waals surface area contributed by atoms with Crippen molar-refractivity contribution in [1.82, 2.24) is 15.1 Å². The van der Waals surface area contributed by atoms with Crippen LogP contribution in [0.5, 0.6) is 0 Å². The van der Waals surface area contributed by atoms with Gasteiger partial charge in [0, 0.05) is 18.5 Å². The molecule has 5 nitrogen and oxygen atoms in total. The van der Waals surface area contributed by atoms with Gasteiger partial charge in [-0.2, -0.15) is 5.10 Å². The van der Waals surface area contributed by atoms with E-state index in [1.54, 1.807) is 6.20 Å². The fraction of sp³-hybridized carbons (Fsp3) is 0.474. The number of hydrogen-bond donors (Lipinski definition) is 2. The lowest BCUT2D eigenvalue weighted by Crippen LogP contribution is -2.24. The van der Waals surface area contributed by atoms with Crippen molar-refractivity contribution in [2.24, 2.45) is 0 Å². The number of nitrogens with zero attached hydrogens (tertiary/aromatic N) is 2. The predicted octanol–water partition coefficient (Wildman–Crippen LogP) is 3.15. The number of aliphatic hydroxyl groups excluding tert-OH is 1. The second-order valence-corrected chi connectivity index (χ2v) is 6.53. The molecule has 1 heterocycles. The first-order chi connectivity index (χ1) is 11.7. The molecule has 1 aliphatic rings. The molecule has 2 aromatic rings. The maximum atomic E-state index is 12.7. The zero-order chi connectivity index (χ0) is 17.1. The van der Waals surface area contributed by atoms with Gasteiger partial charge >= 0.3 is 0 Å². The molecule has 3 rings (SSSR count). The Bertz CT molecular complexity index is 719. The van der Waals surface area contributed by atoms with Crippen molar-refractivity contribution < 1.29 is 9.90 Å². The highest BCUT2D eigenvalue weighted by Crippen LogP contribution is 2.42. The topological polar surface area (TPSA) is 67.2 Å². The molecule has 2 N–H and O–H groups in total. The van der Waals surface area contributed by atoms with Gasteiger partial charge in [0.1, 0.15) is 0 Å². The molecule has 1 amide bonds. The van der Waals surface area contributed by atoms with Crippen LogP contribution in [-0.4, -0.2) is 20.8 Å². The molecular weight excluding hydrogens is 302 g/mol. The number of aromatic nitrogens is 2. The van der Waals surface area contributed by atoms with E-state index in [9.17, 15) is 9.90 Å². The summed E-state index contributed by atoms with van der Waals surface area (Å²) in [5.74, 6) is 0.381. The highest BCUT2D eigenvalue weighted by Gasteiger charge is 2.33. The molecule has 1 atom stereocenters. The van der Waals surface area contributed by atoms with Crippen LogP contribution in [0.2, 0.25) is 0 Å². The van der Waals surface area contributed by atoms with Gasteiger partial charge in [0.05, 0.1) is 24.1 Å². The highest BCUT2D eigenvalue weighted by molar-refractivity contribution is 5.95. The van der Waals surface area contributed by atoms with Gasteiger partial charge in [-0.1, -0.05) is 31.2 Å². The molecular formula is C19H25N3O2. The molecule has 0 aliphatic heterocycles. The Labute approximate surface area is 142 Å². The van der Waals surface area contributed by atoms with Crippen LogP contribution in [0.4, 0.5) is 0 Å². The van der Waals surface area contributed by atoms with Crippen LogP contribution < -0.4 is 5.32 Å². The third kappa shape index (κ3) is 3.36. The first-order valence-electron chi connectivity index (χ1n) is 8.68. The molecule has 0 spiro atoms. The number of rotatable bonds is 7. The summed E-state index contributed by atoms with van der Waals surface area (Å²) in [6, 6.07) is 7.90. The normalized spacial score (nSPS) is 15.3. The smallest absolute Gasteiger partial charge is 0.255 e. The Morgan fingerprint density at radius 1 is 1.38 bits per heavy atom. The Kier molecular flexibility index (Phi) is 5.00. The van der Waals surface area contributed by atoms with E-state index in [-0.39, 0.29) is 12.5 Å². The zero-order valence-corrected chi connectivity index (χ0v) is 14.3. The van der Waals surface area contributed by atoms with Gasteiger partial charge in [0.15, 0.2) is 0 Å². The zero-order valence-electron chi connectivity index (χ0n) is 14.3. The first-order valence-corrected chi connectivity index (χ1v) is 8.68. The van der Waals surface area contributed by atoms with Crippen molar-refractivity contribution in [1.29, 1.82) is 0 Å². The molecule has 0 saturated heterocycles. The monoisotopic (exact) mass is 327 g/mol. The van der Waals surface area contributed by atoms with Gasteiger partial charge in [-0.05, 0) is 37.3 Å². The fourth-order valence-electron chi connectivity index (χ4n) is 2.99. The van der Waals surface area contributed by atoms with Crippen molar-refractivity contribution in [3.05, 3.63) is 52.8 Å².